The first-order valence-corrected chi connectivity index (χ1v) is 9.48. The lowest BCUT2D eigenvalue weighted by molar-refractivity contribution is -0.122. The lowest BCUT2D eigenvalue weighted by Crippen LogP contribution is -2.63. The predicted molar refractivity (Wildman–Crippen MR) is 83.7 cm³/mol. The van der Waals surface area contributed by atoms with Gasteiger partial charge in [-0.15, -0.1) is 0 Å². The van der Waals surface area contributed by atoms with Gasteiger partial charge in [0.2, 0.25) is 0 Å². The second-order valence-electron chi connectivity index (χ2n) is 7.38. The number of benzene rings is 1. The Morgan fingerprint density at radius 3 is 2.46 bits per heavy atom. The molecule has 1 heterocycles. The van der Waals surface area contributed by atoms with Gasteiger partial charge in [0, 0.05) is 24.8 Å². The average Bonchev–Trinajstić information content (AvgIpc) is 2.54. The van der Waals surface area contributed by atoms with E-state index in [9.17, 15) is 21.6 Å². The van der Waals surface area contributed by atoms with Crippen molar-refractivity contribution >= 4 is 15.7 Å². The van der Waals surface area contributed by atoms with E-state index >= 15 is 0 Å². The molecule has 1 aliphatic heterocycles. The first-order valence-electron chi connectivity index (χ1n) is 8.04. The fourth-order valence-corrected chi connectivity index (χ4v) is 5.31. The molecular formula is C16H19F3N2O2S. The van der Waals surface area contributed by atoms with Crippen LogP contribution in [0.3, 0.4) is 0 Å². The number of halogens is 3. The number of fused-ring (bicyclic) bond motifs is 1. The molecule has 3 saturated carbocycles. The van der Waals surface area contributed by atoms with Crippen LogP contribution < -0.4 is 5.32 Å². The lowest BCUT2D eigenvalue weighted by atomic mass is 9.42. The number of nitrogens with zero attached hydrogens (tertiary/aromatic N) is 1. The van der Waals surface area contributed by atoms with Gasteiger partial charge < -0.3 is 5.32 Å². The van der Waals surface area contributed by atoms with Crippen LogP contribution in [0.1, 0.15) is 30.4 Å². The molecule has 1 N–H and O–H groups in total. The maximum atomic E-state index is 13.1. The van der Waals surface area contributed by atoms with Crippen molar-refractivity contribution in [1.82, 2.24) is 4.31 Å². The number of nitrogens with one attached hydrogen (secondary N) is 1. The van der Waals surface area contributed by atoms with E-state index in [0.29, 0.717) is 15.8 Å². The second kappa shape index (κ2) is 4.88. The smallest absolute Gasteiger partial charge is 0.380 e. The highest BCUT2D eigenvalue weighted by molar-refractivity contribution is 7.89. The first-order chi connectivity index (χ1) is 11.1. The zero-order valence-electron chi connectivity index (χ0n) is 13.2. The summed E-state index contributed by atoms with van der Waals surface area (Å²) in [6, 6.07) is 5.18. The molecule has 4 aliphatic rings. The Bertz CT molecular complexity index is 774. The van der Waals surface area contributed by atoms with Crippen molar-refractivity contribution < 1.29 is 21.6 Å². The van der Waals surface area contributed by atoms with Gasteiger partial charge in [0.05, 0.1) is 0 Å². The molecule has 3 fully saturated rings. The summed E-state index contributed by atoms with van der Waals surface area (Å²) in [5.41, 5.74) is -3.15. The van der Waals surface area contributed by atoms with Gasteiger partial charge in [0.15, 0.2) is 0 Å². The number of sulfonamides is 1. The van der Waals surface area contributed by atoms with Crippen molar-refractivity contribution in [2.75, 3.05) is 11.9 Å². The largest absolute Gasteiger partial charge is 0.511 e. The standard InChI is InChI=1S/C16H19F3N2O2S/c1-10-3-2-4-13-12(10)8-21(24(22,23)16(17,18)19)9-14(20-13)15-5-11(6-15)7-15/h2-4,11,14,20H,5-9H2,1H3. The zero-order chi connectivity index (χ0) is 17.3. The van der Waals surface area contributed by atoms with Crippen LogP contribution in [0.4, 0.5) is 18.9 Å². The summed E-state index contributed by atoms with van der Waals surface area (Å²) in [4.78, 5) is 0. The number of alkyl halides is 3. The third kappa shape index (κ3) is 2.19. The molecule has 5 rings (SSSR count). The molecule has 0 radical (unpaired) electrons. The second-order valence-corrected chi connectivity index (χ2v) is 9.31. The molecule has 0 saturated heterocycles. The van der Waals surface area contributed by atoms with Gasteiger partial charge >= 0.3 is 15.5 Å². The molecular weight excluding hydrogens is 341 g/mol. The predicted octanol–water partition coefficient (Wildman–Crippen LogP) is 3.24. The van der Waals surface area contributed by atoms with Crippen LogP contribution in [-0.4, -0.2) is 30.8 Å². The maximum Gasteiger partial charge on any atom is 0.511 e. The summed E-state index contributed by atoms with van der Waals surface area (Å²) < 4.78 is 64.0. The van der Waals surface area contributed by atoms with Gasteiger partial charge in [-0.25, -0.2) is 8.42 Å². The molecule has 8 heteroatoms. The average molecular weight is 360 g/mol. The van der Waals surface area contributed by atoms with E-state index in [4.69, 9.17) is 0 Å². The minimum Gasteiger partial charge on any atom is -0.380 e. The fourth-order valence-electron chi connectivity index (χ4n) is 4.37. The normalized spacial score (nSPS) is 32.8. The summed E-state index contributed by atoms with van der Waals surface area (Å²) in [5.74, 6) is 0.666. The van der Waals surface area contributed by atoms with Crippen molar-refractivity contribution in [2.45, 2.75) is 44.3 Å². The summed E-state index contributed by atoms with van der Waals surface area (Å²) in [6.07, 6.45) is 2.93. The SMILES string of the molecule is Cc1cccc2c1CN(S(=O)(=O)C(F)(F)F)CC(C13CC(C1)C3)N2. The summed E-state index contributed by atoms with van der Waals surface area (Å²) in [7, 11) is -5.35. The Hall–Kier alpha value is -1.28. The molecule has 24 heavy (non-hydrogen) atoms. The van der Waals surface area contributed by atoms with Crippen molar-refractivity contribution in [1.29, 1.82) is 0 Å². The van der Waals surface area contributed by atoms with Crippen LogP contribution in [0.5, 0.6) is 0 Å². The van der Waals surface area contributed by atoms with Gasteiger partial charge in [-0.3, -0.25) is 0 Å². The van der Waals surface area contributed by atoms with Gasteiger partial charge in [-0.2, -0.15) is 17.5 Å². The van der Waals surface area contributed by atoms with Crippen LogP contribution in [0, 0.1) is 18.3 Å². The van der Waals surface area contributed by atoms with Gasteiger partial charge in [0.25, 0.3) is 0 Å². The Morgan fingerprint density at radius 2 is 1.92 bits per heavy atom. The monoisotopic (exact) mass is 360 g/mol. The van der Waals surface area contributed by atoms with E-state index in [1.165, 1.54) is 0 Å². The van der Waals surface area contributed by atoms with E-state index < -0.39 is 15.5 Å². The Morgan fingerprint density at radius 1 is 1.25 bits per heavy atom. The van der Waals surface area contributed by atoms with Crippen molar-refractivity contribution in [3.63, 3.8) is 0 Å². The Kier molecular flexibility index (Phi) is 3.29. The molecule has 0 amide bonds. The van der Waals surface area contributed by atoms with E-state index in [0.717, 1.165) is 30.5 Å². The highest BCUT2D eigenvalue weighted by Crippen LogP contribution is 2.66. The van der Waals surface area contributed by atoms with Crippen LogP contribution >= 0.6 is 0 Å². The van der Waals surface area contributed by atoms with E-state index in [2.05, 4.69) is 5.32 Å². The molecule has 1 atom stereocenters. The molecule has 1 unspecified atom stereocenters. The van der Waals surface area contributed by atoms with E-state index in [1.54, 1.807) is 13.0 Å². The quantitative estimate of drug-likeness (QED) is 0.881. The minimum atomic E-state index is -5.35. The van der Waals surface area contributed by atoms with Crippen molar-refractivity contribution in [2.24, 2.45) is 11.3 Å². The third-order valence-electron chi connectivity index (χ3n) is 5.92. The highest BCUT2D eigenvalue weighted by Gasteiger charge is 2.62. The number of rotatable bonds is 2. The van der Waals surface area contributed by atoms with Crippen LogP contribution in [0.2, 0.25) is 0 Å². The van der Waals surface area contributed by atoms with Crippen LogP contribution in [0.25, 0.3) is 0 Å². The highest BCUT2D eigenvalue weighted by atomic mass is 32.2. The van der Waals surface area contributed by atoms with Crippen molar-refractivity contribution in [3.8, 4) is 0 Å². The van der Waals surface area contributed by atoms with Crippen LogP contribution in [0.15, 0.2) is 18.2 Å². The molecule has 2 bridgehead atoms. The Labute approximate surface area is 139 Å². The number of anilines is 1. The van der Waals surface area contributed by atoms with Gasteiger partial charge in [-0.1, -0.05) is 12.1 Å². The third-order valence-corrected chi connectivity index (χ3v) is 7.46. The summed E-state index contributed by atoms with van der Waals surface area (Å²) >= 11 is 0. The van der Waals surface area contributed by atoms with Crippen molar-refractivity contribution in [3.05, 3.63) is 29.3 Å². The number of hydrogen-bond donors (Lipinski definition) is 1. The summed E-state index contributed by atoms with van der Waals surface area (Å²) in [6.45, 7) is 1.41. The zero-order valence-corrected chi connectivity index (χ0v) is 14.0. The maximum absolute atomic E-state index is 13.1. The van der Waals surface area contributed by atoms with Gasteiger partial charge in [-0.05, 0) is 54.7 Å². The molecule has 4 nitrogen and oxygen atoms in total. The fraction of sp³-hybridized carbons (Fsp3) is 0.625. The topological polar surface area (TPSA) is 49.4 Å². The molecule has 0 aromatic heterocycles. The molecule has 3 aliphatic carbocycles. The summed E-state index contributed by atoms with van der Waals surface area (Å²) in [5, 5.41) is 3.36. The molecule has 132 valence electrons. The lowest BCUT2D eigenvalue weighted by Gasteiger charge is -2.65. The number of aryl methyl sites for hydroxylation is 1. The number of hydrogen-bond acceptors (Lipinski definition) is 3. The first kappa shape index (κ1) is 16.2. The van der Waals surface area contributed by atoms with Gasteiger partial charge in [0.1, 0.15) is 0 Å². The van der Waals surface area contributed by atoms with E-state index in [-0.39, 0.29) is 24.5 Å². The molecule has 1 aromatic carbocycles. The Balaban J connectivity index is 1.76. The minimum absolute atomic E-state index is 0.0462. The van der Waals surface area contributed by atoms with Crippen LogP contribution in [-0.2, 0) is 16.6 Å². The molecule has 0 spiro atoms. The molecule has 1 aromatic rings. The van der Waals surface area contributed by atoms with E-state index in [1.807, 2.05) is 12.1 Å².